The first-order valence-electron chi connectivity index (χ1n) is 13.5. The summed E-state index contributed by atoms with van der Waals surface area (Å²) in [5, 5.41) is 22.2. The standard InChI is InChI=1S/C31H34F4O5/c1-4-7-22(26(36)8-5-2)29(38)28(27(37)9-6-3)30(39)24-17-23(24)21-15-14-20(16-25(21)31(33,34)35)40-19-12-10-18(32)11-13-19/h10-16,23-24,38-39H,4-9,17H2,1-3H3. The van der Waals surface area contributed by atoms with Gasteiger partial charge in [0.2, 0.25) is 0 Å². The zero-order valence-corrected chi connectivity index (χ0v) is 22.8. The average molecular weight is 563 g/mol. The van der Waals surface area contributed by atoms with Gasteiger partial charge in [-0.25, -0.2) is 4.39 Å². The van der Waals surface area contributed by atoms with Gasteiger partial charge < -0.3 is 14.9 Å². The Morgan fingerprint density at radius 1 is 0.875 bits per heavy atom. The van der Waals surface area contributed by atoms with E-state index in [1.165, 1.54) is 24.3 Å². The molecule has 1 fully saturated rings. The van der Waals surface area contributed by atoms with Gasteiger partial charge in [0.15, 0.2) is 11.6 Å². The monoisotopic (exact) mass is 562 g/mol. The number of ether oxygens (including phenoxy) is 1. The smallest absolute Gasteiger partial charge is 0.416 e. The lowest BCUT2D eigenvalue weighted by Crippen LogP contribution is -2.15. The van der Waals surface area contributed by atoms with Crippen LogP contribution in [0.15, 0.2) is 65.1 Å². The maximum atomic E-state index is 14.1. The number of carbonyl (C=O) groups excluding carboxylic acids is 2. The molecule has 5 nitrogen and oxygen atoms in total. The number of allylic oxidation sites excluding steroid dienone is 3. The topological polar surface area (TPSA) is 83.8 Å². The molecular formula is C31H34F4O5. The van der Waals surface area contributed by atoms with Gasteiger partial charge in [-0.3, -0.25) is 9.59 Å². The zero-order valence-electron chi connectivity index (χ0n) is 22.8. The molecule has 2 atom stereocenters. The molecule has 40 heavy (non-hydrogen) atoms. The van der Waals surface area contributed by atoms with Gasteiger partial charge in [-0.2, -0.15) is 13.2 Å². The van der Waals surface area contributed by atoms with Crippen molar-refractivity contribution in [2.24, 2.45) is 5.92 Å². The van der Waals surface area contributed by atoms with E-state index in [4.69, 9.17) is 4.74 Å². The number of rotatable bonds is 13. The van der Waals surface area contributed by atoms with Crippen molar-refractivity contribution in [2.45, 2.75) is 77.8 Å². The molecule has 0 saturated heterocycles. The maximum Gasteiger partial charge on any atom is 0.416 e. The fourth-order valence-electron chi connectivity index (χ4n) is 4.75. The first-order chi connectivity index (χ1) is 18.9. The Morgan fingerprint density at radius 2 is 1.45 bits per heavy atom. The van der Waals surface area contributed by atoms with Crippen LogP contribution in [0.25, 0.3) is 0 Å². The second-order valence-corrected chi connectivity index (χ2v) is 9.94. The largest absolute Gasteiger partial charge is 0.511 e. The van der Waals surface area contributed by atoms with Gasteiger partial charge in [-0.15, -0.1) is 0 Å². The fraction of sp³-hybridized carbons (Fsp3) is 0.419. The molecule has 2 aromatic carbocycles. The molecule has 2 unspecified atom stereocenters. The molecule has 0 bridgehead atoms. The summed E-state index contributed by atoms with van der Waals surface area (Å²) in [6.45, 7) is 5.36. The summed E-state index contributed by atoms with van der Waals surface area (Å²) in [7, 11) is 0. The molecule has 2 aromatic rings. The third kappa shape index (κ3) is 7.31. The van der Waals surface area contributed by atoms with Gasteiger partial charge in [-0.1, -0.05) is 33.3 Å². The molecule has 3 rings (SSSR count). The number of benzene rings is 2. The highest BCUT2D eigenvalue weighted by Crippen LogP contribution is 2.55. The number of halogens is 4. The van der Waals surface area contributed by atoms with Crippen LogP contribution in [0, 0.1) is 11.7 Å². The third-order valence-corrected chi connectivity index (χ3v) is 6.77. The molecule has 0 radical (unpaired) electrons. The first kappa shape index (κ1) is 30.9. The van der Waals surface area contributed by atoms with E-state index >= 15 is 0 Å². The van der Waals surface area contributed by atoms with Crippen molar-refractivity contribution in [1.82, 2.24) is 0 Å². The first-order valence-corrected chi connectivity index (χ1v) is 13.5. The number of alkyl halides is 3. The van der Waals surface area contributed by atoms with Crippen molar-refractivity contribution < 1.29 is 42.1 Å². The molecule has 0 spiro atoms. The molecule has 1 aliphatic carbocycles. The number of hydrogen-bond donors (Lipinski definition) is 2. The summed E-state index contributed by atoms with van der Waals surface area (Å²) < 4.78 is 60.9. The van der Waals surface area contributed by atoms with Crippen LogP contribution in [0.5, 0.6) is 11.5 Å². The van der Waals surface area contributed by atoms with Crippen LogP contribution >= 0.6 is 0 Å². The van der Waals surface area contributed by atoms with Crippen molar-refractivity contribution >= 4 is 11.6 Å². The quantitative estimate of drug-likeness (QED) is 0.110. The zero-order chi connectivity index (χ0) is 29.6. The highest BCUT2D eigenvalue weighted by atomic mass is 19.4. The normalized spacial score (nSPS) is 18.1. The molecule has 0 aromatic heterocycles. The lowest BCUT2D eigenvalue weighted by atomic mass is 9.92. The van der Waals surface area contributed by atoms with Crippen LogP contribution in [0.1, 0.15) is 82.8 Å². The molecule has 1 aliphatic rings. The summed E-state index contributed by atoms with van der Waals surface area (Å²) in [5.74, 6) is -4.05. The summed E-state index contributed by atoms with van der Waals surface area (Å²) in [4.78, 5) is 25.7. The van der Waals surface area contributed by atoms with Gasteiger partial charge in [0.25, 0.3) is 0 Å². The van der Waals surface area contributed by atoms with Crippen LogP contribution in [-0.4, -0.2) is 21.8 Å². The fourth-order valence-corrected chi connectivity index (χ4v) is 4.75. The van der Waals surface area contributed by atoms with Crippen LogP contribution in [0.4, 0.5) is 17.6 Å². The van der Waals surface area contributed by atoms with E-state index in [2.05, 4.69) is 0 Å². The van der Waals surface area contributed by atoms with Gasteiger partial charge in [-0.05, 0) is 73.6 Å². The molecule has 2 N–H and O–H groups in total. The predicted molar refractivity (Wildman–Crippen MR) is 143 cm³/mol. The van der Waals surface area contributed by atoms with Crippen molar-refractivity contribution in [3.63, 3.8) is 0 Å². The third-order valence-electron chi connectivity index (χ3n) is 6.77. The summed E-state index contributed by atoms with van der Waals surface area (Å²) in [6, 6.07) is 8.30. The second-order valence-electron chi connectivity index (χ2n) is 9.94. The Bertz CT molecular complexity index is 1290. The average Bonchev–Trinajstić information content (AvgIpc) is 3.69. The minimum absolute atomic E-state index is 0.00850. The van der Waals surface area contributed by atoms with E-state index in [-0.39, 0.29) is 59.7 Å². The Kier molecular flexibility index (Phi) is 10.2. The van der Waals surface area contributed by atoms with E-state index in [1.807, 2.05) is 6.92 Å². The molecule has 216 valence electrons. The van der Waals surface area contributed by atoms with Crippen LogP contribution in [0.2, 0.25) is 0 Å². The number of ketones is 2. The molecule has 1 saturated carbocycles. The van der Waals surface area contributed by atoms with Crippen molar-refractivity contribution in [3.05, 3.63) is 82.1 Å². The van der Waals surface area contributed by atoms with Crippen molar-refractivity contribution in [1.29, 1.82) is 0 Å². The highest BCUT2D eigenvalue weighted by molar-refractivity contribution is 6.04. The SMILES string of the molecule is CCCC(=O)C(CCC)=C(O)C(C(=O)CCC)=C(O)C1CC1c1ccc(Oc2ccc(F)cc2)cc1C(F)(F)F. The van der Waals surface area contributed by atoms with Gasteiger partial charge >= 0.3 is 6.18 Å². The second kappa shape index (κ2) is 13.2. The van der Waals surface area contributed by atoms with E-state index in [0.717, 1.165) is 18.2 Å². The Morgan fingerprint density at radius 3 is 2.02 bits per heavy atom. The Labute approximate surface area is 231 Å². The number of hydrogen-bond acceptors (Lipinski definition) is 5. The molecule has 0 heterocycles. The maximum absolute atomic E-state index is 14.1. The van der Waals surface area contributed by atoms with Crippen LogP contribution in [-0.2, 0) is 15.8 Å². The number of aliphatic hydroxyl groups excluding tert-OH is 2. The molecule has 0 aliphatic heterocycles. The molecule has 0 amide bonds. The van der Waals surface area contributed by atoms with Gasteiger partial charge in [0, 0.05) is 24.3 Å². The minimum atomic E-state index is -4.74. The van der Waals surface area contributed by atoms with Crippen molar-refractivity contribution in [3.8, 4) is 11.5 Å². The number of carbonyl (C=O) groups is 2. The minimum Gasteiger partial charge on any atom is -0.511 e. The molecular weight excluding hydrogens is 528 g/mol. The van der Waals surface area contributed by atoms with Gasteiger partial charge in [0.05, 0.1) is 11.1 Å². The lowest BCUT2D eigenvalue weighted by molar-refractivity contribution is -0.138. The van der Waals surface area contributed by atoms with Crippen molar-refractivity contribution in [2.75, 3.05) is 0 Å². The number of Topliss-reactive ketones (excluding diaryl/α,β-unsaturated/α-hetero) is 2. The summed E-state index contributed by atoms with van der Waals surface area (Å²) >= 11 is 0. The van der Waals surface area contributed by atoms with E-state index < -0.39 is 46.7 Å². The summed E-state index contributed by atoms with van der Waals surface area (Å²) in [6.07, 6.45) is -2.83. The van der Waals surface area contributed by atoms with E-state index in [9.17, 15) is 37.4 Å². The predicted octanol–water partition coefficient (Wildman–Crippen LogP) is 8.90. The van der Waals surface area contributed by atoms with Crippen LogP contribution < -0.4 is 4.74 Å². The van der Waals surface area contributed by atoms with Crippen LogP contribution in [0.3, 0.4) is 0 Å². The van der Waals surface area contributed by atoms with Gasteiger partial charge in [0.1, 0.15) is 28.8 Å². The Balaban J connectivity index is 2.02. The van der Waals surface area contributed by atoms with E-state index in [0.29, 0.717) is 19.3 Å². The van der Waals surface area contributed by atoms with E-state index in [1.54, 1.807) is 13.8 Å². The number of aliphatic hydroxyl groups is 2. The highest BCUT2D eigenvalue weighted by Gasteiger charge is 2.48. The molecule has 9 heteroatoms. The lowest BCUT2D eigenvalue weighted by Gasteiger charge is -2.16. The Hall–Kier alpha value is -3.62. The summed E-state index contributed by atoms with van der Waals surface area (Å²) in [5.41, 5.74) is -1.38.